The fraction of sp³-hybridized carbons (Fsp3) is 0.632. The lowest BCUT2D eigenvalue weighted by molar-refractivity contribution is -0.0450. The number of ether oxygens (including phenoxy) is 1. The number of morpholine rings is 1. The molecule has 2 aromatic rings. The quantitative estimate of drug-likeness (QED) is 0.837. The largest absolute Gasteiger partial charge is 0.371 e. The van der Waals surface area contributed by atoms with E-state index in [1.165, 1.54) is 31.4 Å². The summed E-state index contributed by atoms with van der Waals surface area (Å²) < 4.78 is 21.2. The highest BCUT2D eigenvalue weighted by Gasteiger charge is 2.30. The molecule has 26 heavy (non-hydrogen) atoms. The van der Waals surface area contributed by atoms with Gasteiger partial charge in [-0.25, -0.2) is 9.07 Å². The van der Waals surface area contributed by atoms with Crippen molar-refractivity contribution < 1.29 is 9.13 Å². The van der Waals surface area contributed by atoms with Crippen LogP contribution in [0.5, 0.6) is 0 Å². The maximum atomic E-state index is 13.2. The molecule has 1 saturated heterocycles. The number of halogens is 1. The highest BCUT2D eigenvalue weighted by molar-refractivity contribution is 5.19. The lowest BCUT2D eigenvalue weighted by atomic mass is 9.95. The van der Waals surface area contributed by atoms with Crippen molar-refractivity contribution in [2.45, 2.75) is 57.2 Å². The molecule has 0 bridgehead atoms. The zero-order valence-electron chi connectivity index (χ0n) is 15.2. The number of benzene rings is 1. The molecule has 7 heteroatoms. The zero-order valence-corrected chi connectivity index (χ0v) is 15.2. The number of rotatable bonds is 4. The Morgan fingerprint density at radius 3 is 2.69 bits per heavy atom. The summed E-state index contributed by atoms with van der Waals surface area (Å²) in [5.41, 5.74) is 1.01. The maximum absolute atomic E-state index is 13.2. The van der Waals surface area contributed by atoms with E-state index in [1.807, 2.05) is 4.68 Å². The Hall–Kier alpha value is -1.86. The molecule has 1 saturated carbocycles. The summed E-state index contributed by atoms with van der Waals surface area (Å²) in [6, 6.07) is 7.14. The Labute approximate surface area is 153 Å². The number of nitrogens with zero attached hydrogens (tertiary/aromatic N) is 5. The predicted octanol–water partition coefficient (Wildman–Crippen LogP) is 3.45. The first-order chi connectivity index (χ1) is 12.7. The zero-order chi connectivity index (χ0) is 17.9. The standard InChI is InChI=1S/C19H26FN5O/c1-14(19-21-22-23-25(19)17-5-3-2-4-6-17)24-11-12-26-18(13-24)15-7-9-16(20)10-8-15/h7-10,14,17-18H,2-6,11-13H2,1H3. The topological polar surface area (TPSA) is 56.1 Å². The van der Waals surface area contributed by atoms with Crippen molar-refractivity contribution >= 4 is 0 Å². The first-order valence-electron chi connectivity index (χ1n) is 9.61. The molecule has 1 aromatic carbocycles. The van der Waals surface area contributed by atoms with Gasteiger partial charge in [0.1, 0.15) is 5.82 Å². The van der Waals surface area contributed by atoms with Gasteiger partial charge in [-0.15, -0.1) is 5.10 Å². The normalized spacial score (nSPS) is 23.8. The molecule has 0 radical (unpaired) electrons. The molecule has 140 valence electrons. The monoisotopic (exact) mass is 359 g/mol. The molecule has 6 nitrogen and oxygen atoms in total. The second-order valence-corrected chi connectivity index (χ2v) is 7.36. The molecule has 2 fully saturated rings. The summed E-state index contributed by atoms with van der Waals surface area (Å²) in [5, 5.41) is 12.6. The minimum Gasteiger partial charge on any atom is -0.371 e. The molecule has 4 rings (SSSR count). The summed E-state index contributed by atoms with van der Waals surface area (Å²) in [6.07, 6.45) is 6.08. The van der Waals surface area contributed by atoms with Gasteiger partial charge in [-0.2, -0.15) is 0 Å². The summed E-state index contributed by atoms with van der Waals surface area (Å²) >= 11 is 0. The van der Waals surface area contributed by atoms with E-state index in [4.69, 9.17) is 4.74 Å². The smallest absolute Gasteiger partial charge is 0.168 e. The van der Waals surface area contributed by atoms with Gasteiger partial charge in [0.05, 0.1) is 24.8 Å². The molecule has 1 aromatic heterocycles. The second kappa shape index (κ2) is 7.80. The molecule has 2 unspecified atom stereocenters. The van der Waals surface area contributed by atoms with Crippen LogP contribution in [-0.2, 0) is 4.74 Å². The van der Waals surface area contributed by atoms with Crippen LogP contribution in [0.1, 0.15) is 68.6 Å². The van der Waals surface area contributed by atoms with Crippen LogP contribution < -0.4 is 0 Å². The second-order valence-electron chi connectivity index (χ2n) is 7.36. The Balaban J connectivity index is 1.48. The van der Waals surface area contributed by atoms with E-state index in [0.29, 0.717) is 12.6 Å². The minimum atomic E-state index is -0.221. The van der Waals surface area contributed by atoms with E-state index in [-0.39, 0.29) is 18.0 Å². The van der Waals surface area contributed by atoms with E-state index in [1.54, 1.807) is 12.1 Å². The van der Waals surface area contributed by atoms with Crippen LogP contribution >= 0.6 is 0 Å². The Kier molecular flexibility index (Phi) is 5.26. The molecule has 2 atom stereocenters. The van der Waals surface area contributed by atoms with Crippen molar-refractivity contribution in [1.82, 2.24) is 25.1 Å². The van der Waals surface area contributed by atoms with E-state index in [2.05, 4.69) is 27.3 Å². The number of aromatic nitrogens is 4. The van der Waals surface area contributed by atoms with Crippen LogP contribution in [0.15, 0.2) is 24.3 Å². The molecule has 0 N–H and O–H groups in total. The molecule has 1 aliphatic carbocycles. The molecule has 0 spiro atoms. The van der Waals surface area contributed by atoms with Crippen molar-refractivity contribution in [3.05, 3.63) is 41.5 Å². The van der Waals surface area contributed by atoms with Crippen molar-refractivity contribution in [2.75, 3.05) is 19.7 Å². The van der Waals surface area contributed by atoms with Gasteiger partial charge in [-0.1, -0.05) is 31.4 Å². The van der Waals surface area contributed by atoms with Gasteiger partial charge in [0.2, 0.25) is 0 Å². The van der Waals surface area contributed by atoms with Crippen molar-refractivity contribution in [2.24, 2.45) is 0 Å². The lowest BCUT2D eigenvalue weighted by Gasteiger charge is -2.37. The fourth-order valence-corrected chi connectivity index (χ4v) is 4.12. The van der Waals surface area contributed by atoms with Crippen LogP contribution in [0, 0.1) is 5.82 Å². The third kappa shape index (κ3) is 3.64. The number of hydrogen-bond donors (Lipinski definition) is 0. The first-order valence-corrected chi connectivity index (χ1v) is 9.61. The van der Waals surface area contributed by atoms with Crippen LogP contribution in [0.3, 0.4) is 0 Å². The van der Waals surface area contributed by atoms with Gasteiger partial charge in [-0.3, -0.25) is 4.90 Å². The van der Waals surface area contributed by atoms with Crippen LogP contribution in [0.2, 0.25) is 0 Å². The van der Waals surface area contributed by atoms with Crippen LogP contribution in [0.4, 0.5) is 4.39 Å². The van der Waals surface area contributed by atoms with E-state index >= 15 is 0 Å². The average molecular weight is 359 g/mol. The van der Waals surface area contributed by atoms with Gasteiger partial charge in [0.15, 0.2) is 5.82 Å². The summed E-state index contributed by atoms with van der Waals surface area (Å²) in [4.78, 5) is 2.36. The van der Waals surface area contributed by atoms with Gasteiger partial charge >= 0.3 is 0 Å². The molecular weight excluding hydrogens is 333 g/mol. The lowest BCUT2D eigenvalue weighted by Crippen LogP contribution is -2.41. The number of tetrazole rings is 1. The minimum absolute atomic E-state index is 0.0502. The van der Waals surface area contributed by atoms with Gasteiger partial charge in [0, 0.05) is 13.1 Å². The van der Waals surface area contributed by atoms with Gasteiger partial charge < -0.3 is 4.74 Å². The SMILES string of the molecule is CC(c1nnnn1C1CCCCC1)N1CCOC(c2ccc(F)cc2)C1. The summed E-state index contributed by atoms with van der Waals surface area (Å²) in [7, 11) is 0. The molecular formula is C19H26FN5O. The van der Waals surface area contributed by atoms with Gasteiger partial charge in [-0.05, 0) is 47.9 Å². The molecule has 2 heterocycles. The van der Waals surface area contributed by atoms with E-state index < -0.39 is 0 Å². The molecule has 0 amide bonds. The molecule has 2 aliphatic rings. The summed E-state index contributed by atoms with van der Waals surface area (Å²) in [5.74, 6) is 0.720. The molecule has 1 aliphatic heterocycles. The van der Waals surface area contributed by atoms with Crippen LogP contribution in [0.25, 0.3) is 0 Å². The maximum Gasteiger partial charge on any atom is 0.168 e. The third-order valence-corrected chi connectivity index (χ3v) is 5.70. The number of hydrogen-bond acceptors (Lipinski definition) is 5. The van der Waals surface area contributed by atoms with Crippen molar-refractivity contribution in [3.8, 4) is 0 Å². The van der Waals surface area contributed by atoms with E-state index in [9.17, 15) is 4.39 Å². The van der Waals surface area contributed by atoms with Gasteiger partial charge in [0.25, 0.3) is 0 Å². The summed E-state index contributed by atoms with van der Waals surface area (Å²) in [6.45, 7) is 4.41. The predicted molar refractivity (Wildman–Crippen MR) is 95.0 cm³/mol. The average Bonchev–Trinajstić information content (AvgIpc) is 3.18. The highest BCUT2D eigenvalue weighted by atomic mass is 19.1. The first kappa shape index (κ1) is 17.5. The Morgan fingerprint density at radius 2 is 1.92 bits per heavy atom. The van der Waals surface area contributed by atoms with Crippen LogP contribution in [-0.4, -0.2) is 44.8 Å². The van der Waals surface area contributed by atoms with Crippen molar-refractivity contribution in [1.29, 1.82) is 0 Å². The fourth-order valence-electron chi connectivity index (χ4n) is 4.12. The highest BCUT2D eigenvalue weighted by Crippen LogP contribution is 2.32. The third-order valence-electron chi connectivity index (χ3n) is 5.70. The van der Waals surface area contributed by atoms with Crippen molar-refractivity contribution in [3.63, 3.8) is 0 Å². The Morgan fingerprint density at radius 1 is 1.15 bits per heavy atom. The van der Waals surface area contributed by atoms with E-state index in [0.717, 1.165) is 37.3 Å². The Bertz CT molecular complexity index is 713.